The molecule has 602 valence electrons. The van der Waals surface area contributed by atoms with Gasteiger partial charge in [-0.25, -0.2) is 9.13 Å². The average Bonchev–Trinajstić information content (AvgIpc) is 0.936. The number of rotatable bonds is 82. The van der Waals surface area contributed by atoms with Crippen molar-refractivity contribution in [3.63, 3.8) is 0 Å². The van der Waals surface area contributed by atoms with Gasteiger partial charge in [-0.05, 0) is 51.4 Å². The highest BCUT2D eigenvalue weighted by Crippen LogP contribution is 2.45. The molecule has 0 aliphatic rings. The van der Waals surface area contributed by atoms with Crippen molar-refractivity contribution in [1.82, 2.24) is 0 Å². The zero-order valence-corrected chi connectivity index (χ0v) is 67.9. The predicted molar refractivity (Wildman–Crippen MR) is 418 cm³/mol. The summed E-state index contributed by atoms with van der Waals surface area (Å²) in [5.41, 5.74) is 0. The third-order valence-electron chi connectivity index (χ3n) is 19.0. The van der Waals surface area contributed by atoms with Crippen LogP contribution in [-0.4, -0.2) is 96.7 Å². The summed E-state index contributed by atoms with van der Waals surface area (Å²) < 4.78 is 68.8. The zero-order chi connectivity index (χ0) is 74.6. The molecule has 17 nitrogen and oxygen atoms in total. The number of aliphatic hydroxyl groups excluding tert-OH is 1. The molecule has 0 spiro atoms. The lowest BCUT2D eigenvalue weighted by Gasteiger charge is -2.21. The molecule has 0 rings (SSSR count). The van der Waals surface area contributed by atoms with Gasteiger partial charge in [0.05, 0.1) is 26.4 Å². The predicted octanol–water partition coefficient (Wildman–Crippen LogP) is 24.9. The molecule has 0 heterocycles. The van der Waals surface area contributed by atoms with Gasteiger partial charge in [0.25, 0.3) is 0 Å². The first kappa shape index (κ1) is 99.5. The SMILES string of the molecule is CCCCCC/C=C\C=C/CCCCCCCC(=O)O[C@H](COC(=O)CCCCCCCCCCCCCC)COP(=O)(O)OC[C@H](O)COP(=O)(O)OC[C@@H](COC(=O)CCCCCCCCCCCCCCCCCC)OC(=O)CCCCCCCCCCCCCCCCCCCCC. The van der Waals surface area contributed by atoms with Crippen molar-refractivity contribution < 1.29 is 80.2 Å². The number of ether oxygens (including phenoxy) is 4. The number of hydrogen-bond donors (Lipinski definition) is 3. The van der Waals surface area contributed by atoms with Gasteiger partial charge in [0.2, 0.25) is 0 Å². The van der Waals surface area contributed by atoms with E-state index in [0.29, 0.717) is 25.7 Å². The minimum atomic E-state index is -4.97. The lowest BCUT2D eigenvalue weighted by atomic mass is 10.0. The molecule has 0 bridgehead atoms. The Morgan fingerprint density at radius 1 is 0.275 bits per heavy atom. The van der Waals surface area contributed by atoms with Crippen molar-refractivity contribution >= 4 is 39.5 Å². The smallest absolute Gasteiger partial charge is 0.462 e. The maximum Gasteiger partial charge on any atom is 0.472 e. The largest absolute Gasteiger partial charge is 0.472 e. The van der Waals surface area contributed by atoms with Crippen molar-refractivity contribution in [1.29, 1.82) is 0 Å². The second kappa shape index (κ2) is 76.7. The van der Waals surface area contributed by atoms with Crippen LogP contribution in [0.2, 0.25) is 0 Å². The summed E-state index contributed by atoms with van der Waals surface area (Å²) in [4.78, 5) is 73.1. The van der Waals surface area contributed by atoms with Gasteiger partial charge in [-0.2, -0.15) is 0 Å². The van der Waals surface area contributed by atoms with Crippen LogP contribution in [0.5, 0.6) is 0 Å². The summed E-state index contributed by atoms with van der Waals surface area (Å²) in [5.74, 6) is -2.13. The van der Waals surface area contributed by atoms with Gasteiger partial charge in [-0.15, -0.1) is 0 Å². The van der Waals surface area contributed by atoms with Gasteiger partial charge in [-0.3, -0.25) is 37.3 Å². The Kier molecular flexibility index (Phi) is 74.9. The summed E-state index contributed by atoms with van der Waals surface area (Å²) in [6.07, 6.45) is 72.8. The molecule has 0 fully saturated rings. The summed E-state index contributed by atoms with van der Waals surface area (Å²) in [6.45, 7) is 4.98. The Morgan fingerprint density at radius 2 is 0.471 bits per heavy atom. The van der Waals surface area contributed by atoms with Gasteiger partial charge in [0, 0.05) is 25.7 Å². The number of unbranched alkanes of at least 4 members (excludes halogenated alkanes) is 53. The van der Waals surface area contributed by atoms with Crippen molar-refractivity contribution in [2.75, 3.05) is 39.6 Å². The Labute approximate surface area is 624 Å². The van der Waals surface area contributed by atoms with E-state index in [-0.39, 0.29) is 25.7 Å². The molecule has 3 N–H and O–H groups in total. The van der Waals surface area contributed by atoms with Crippen LogP contribution in [0.25, 0.3) is 0 Å². The number of carbonyl (C=O) groups is 4. The van der Waals surface area contributed by atoms with Crippen LogP contribution in [-0.2, 0) is 65.4 Å². The summed E-state index contributed by atoms with van der Waals surface area (Å²) in [5, 5.41) is 10.7. The minimum Gasteiger partial charge on any atom is -0.462 e. The van der Waals surface area contributed by atoms with Crippen molar-refractivity contribution in [3.05, 3.63) is 24.3 Å². The fourth-order valence-electron chi connectivity index (χ4n) is 12.5. The van der Waals surface area contributed by atoms with E-state index >= 15 is 0 Å². The number of carbonyl (C=O) groups excluding carboxylic acids is 4. The maximum atomic E-state index is 13.1. The van der Waals surface area contributed by atoms with Gasteiger partial charge in [0.15, 0.2) is 12.2 Å². The molecule has 102 heavy (non-hydrogen) atoms. The normalized spacial score (nSPS) is 13.9. The van der Waals surface area contributed by atoms with Crippen LogP contribution in [0, 0.1) is 0 Å². The van der Waals surface area contributed by atoms with Crippen molar-refractivity contribution in [2.45, 2.75) is 444 Å². The standard InChI is InChI=1S/C83H158O17P2/c1-5-9-13-17-21-25-29-33-36-38-39-40-43-46-50-54-58-62-66-70-83(88)100-79(74-94-81(86)68-64-60-56-52-48-44-42-37-34-30-26-22-18-14-10-6-2)76-98-102(91,92)96-72-77(84)71-95-101(89,90)97-75-78(73-93-80(85)67-63-59-55-51-47-32-28-24-20-16-12-8-4)99-82(87)69-65-61-57-53-49-45-41-35-31-27-23-19-15-11-7-3/h27,31,35,41,77-79,84H,5-26,28-30,32-34,36-40,42-76H2,1-4H3,(H,89,90)(H,91,92)/b31-27-,41-35-/t77-,78+,79+/m0/s1. The number of phosphoric acid groups is 2. The Hall–Kier alpha value is -2.46. The molecule has 0 aromatic heterocycles. The molecule has 0 aliphatic carbocycles. The molecule has 0 saturated carbocycles. The van der Waals surface area contributed by atoms with Gasteiger partial charge < -0.3 is 33.8 Å². The van der Waals surface area contributed by atoms with Crippen molar-refractivity contribution in [3.8, 4) is 0 Å². The summed E-state index contributed by atoms with van der Waals surface area (Å²) in [7, 11) is -9.93. The fourth-order valence-corrected chi connectivity index (χ4v) is 14.0. The second-order valence-corrected chi connectivity index (χ2v) is 32.1. The van der Waals surface area contributed by atoms with E-state index in [1.54, 1.807) is 0 Å². The first-order chi connectivity index (χ1) is 49.7. The quantitative estimate of drug-likeness (QED) is 0.0169. The molecule has 5 atom stereocenters. The van der Waals surface area contributed by atoms with Crippen LogP contribution < -0.4 is 0 Å². The molecule has 0 aromatic rings. The minimum absolute atomic E-state index is 0.0860. The highest BCUT2D eigenvalue weighted by atomic mass is 31.2. The number of allylic oxidation sites excluding steroid dienone is 4. The Morgan fingerprint density at radius 3 is 0.716 bits per heavy atom. The first-order valence-corrected chi connectivity index (χ1v) is 45.6. The third-order valence-corrected chi connectivity index (χ3v) is 20.9. The molecule has 0 aliphatic heterocycles. The highest BCUT2D eigenvalue weighted by molar-refractivity contribution is 7.47. The topological polar surface area (TPSA) is 237 Å². The fraction of sp³-hybridized carbons (Fsp3) is 0.904. The zero-order valence-electron chi connectivity index (χ0n) is 66.1. The molecule has 0 aromatic carbocycles. The van der Waals surface area contributed by atoms with Gasteiger partial charge in [-0.1, -0.05) is 373 Å². The van der Waals surface area contributed by atoms with E-state index in [0.717, 1.165) is 103 Å². The molecular formula is C83H158O17P2. The van der Waals surface area contributed by atoms with E-state index in [4.69, 9.17) is 37.0 Å². The van der Waals surface area contributed by atoms with E-state index in [9.17, 15) is 43.2 Å². The van der Waals surface area contributed by atoms with E-state index in [1.165, 1.54) is 244 Å². The number of phosphoric ester groups is 2. The van der Waals surface area contributed by atoms with E-state index < -0.39 is 97.5 Å². The monoisotopic (exact) mass is 1490 g/mol. The van der Waals surface area contributed by atoms with E-state index in [2.05, 4.69) is 52.0 Å². The van der Waals surface area contributed by atoms with Crippen LogP contribution in [0.3, 0.4) is 0 Å². The van der Waals surface area contributed by atoms with Gasteiger partial charge in [0.1, 0.15) is 19.3 Å². The number of esters is 4. The molecule has 0 saturated heterocycles. The lowest BCUT2D eigenvalue weighted by molar-refractivity contribution is -0.161. The maximum absolute atomic E-state index is 13.1. The summed E-state index contributed by atoms with van der Waals surface area (Å²) in [6, 6.07) is 0. The van der Waals surface area contributed by atoms with Crippen LogP contribution in [0.1, 0.15) is 426 Å². The second-order valence-electron chi connectivity index (χ2n) is 29.2. The number of aliphatic hydroxyl groups is 1. The number of hydrogen-bond acceptors (Lipinski definition) is 15. The van der Waals surface area contributed by atoms with E-state index in [1.807, 2.05) is 0 Å². The lowest BCUT2D eigenvalue weighted by Crippen LogP contribution is -2.30. The van der Waals surface area contributed by atoms with Crippen LogP contribution in [0.4, 0.5) is 0 Å². The molecule has 0 radical (unpaired) electrons. The highest BCUT2D eigenvalue weighted by Gasteiger charge is 2.30. The van der Waals surface area contributed by atoms with Crippen LogP contribution in [0.15, 0.2) is 24.3 Å². The summed E-state index contributed by atoms with van der Waals surface area (Å²) >= 11 is 0. The molecular weight excluding hydrogens is 1330 g/mol. The van der Waals surface area contributed by atoms with Crippen molar-refractivity contribution in [2.24, 2.45) is 0 Å². The van der Waals surface area contributed by atoms with Gasteiger partial charge >= 0.3 is 39.5 Å². The molecule has 19 heteroatoms. The van der Waals surface area contributed by atoms with Crippen LogP contribution >= 0.6 is 15.6 Å². The Bertz CT molecular complexity index is 2020. The Balaban J connectivity index is 5.28. The molecule has 2 unspecified atom stereocenters. The third kappa shape index (κ3) is 75.8. The molecule has 0 amide bonds. The first-order valence-electron chi connectivity index (χ1n) is 42.6. The average molecular weight is 1490 g/mol.